The van der Waals surface area contributed by atoms with Crippen molar-refractivity contribution in [3.63, 3.8) is 0 Å². The van der Waals surface area contributed by atoms with Crippen molar-refractivity contribution in [3.8, 4) is 0 Å². The normalized spacial score (nSPS) is 5.00. The second-order valence-electron chi connectivity index (χ2n) is 0.443. The number of hydrogen-bond acceptors (Lipinski definition) is 0. The Morgan fingerprint density at radius 1 is 1.80 bits per heavy atom. The van der Waals surface area contributed by atoms with Crippen LogP contribution in [0.5, 0.6) is 0 Å². The Labute approximate surface area is 47.6 Å². The van der Waals surface area contributed by atoms with Crippen LogP contribution in [-0.2, 0) is 0 Å². The van der Waals surface area contributed by atoms with Crippen molar-refractivity contribution in [2.45, 2.75) is 0 Å². The topological polar surface area (TPSA) is 0 Å². The summed E-state index contributed by atoms with van der Waals surface area (Å²) in [4.78, 5) is 0. The van der Waals surface area contributed by atoms with Crippen molar-refractivity contribution in [1.29, 1.82) is 0 Å². The molecule has 0 nitrogen and oxygen atoms in total. The zero-order valence-electron chi connectivity index (χ0n) is 2.78. The van der Waals surface area contributed by atoms with E-state index in [0.717, 1.165) is 0 Å². The van der Waals surface area contributed by atoms with Crippen LogP contribution in [0.25, 0.3) is 0 Å². The molecule has 0 amide bonds. The maximum Gasteiger partial charge on any atom is 0.0401 e. The van der Waals surface area contributed by atoms with Gasteiger partial charge in [0.25, 0.3) is 0 Å². The van der Waals surface area contributed by atoms with Gasteiger partial charge in [-0.1, -0.05) is 6.08 Å². The molecule has 0 atom stereocenters. The van der Waals surface area contributed by atoms with Crippen LogP contribution in [0.1, 0.15) is 0 Å². The van der Waals surface area contributed by atoms with Gasteiger partial charge in [0.2, 0.25) is 0 Å². The van der Waals surface area contributed by atoms with E-state index in [0.29, 0.717) is 5.88 Å². The Balaban J connectivity index is 0. The van der Waals surface area contributed by atoms with E-state index in [1.54, 1.807) is 6.08 Å². The molecule has 0 aliphatic heterocycles. The first-order valence-corrected chi connectivity index (χ1v) is 1.62. The highest BCUT2D eigenvalue weighted by molar-refractivity contribution is 8.93. The Hall–Kier alpha value is 0.510. The maximum atomic E-state index is 5.07. The fourth-order valence-corrected chi connectivity index (χ4v) is 0. The first-order valence-electron chi connectivity index (χ1n) is 1.08. The maximum absolute atomic E-state index is 5.07. The Bertz CT molecular complexity index is 20.9. The first kappa shape index (κ1) is 9.10. The lowest BCUT2D eigenvalue weighted by Crippen LogP contribution is -1.45. The van der Waals surface area contributed by atoms with Gasteiger partial charge < -0.3 is 0 Å². The SMILES string of the molecule is Br.C=CCCl. The third-order valence-corrected chi connectivity index (χ3v) is 0.327. The lowest BCUT2D eigenvalue weighted by atomic mass is 10.8. The lowest BCUT2D eigenvalue weighted by molar-refractivity contribution is 1.80. The summed E-state index contributed by atoms with van der Waals surface area (Å²) in [6, 6.07) is 0. The van der Waals surface area contributed by atoms with Crippen LogP contribution < -0.4 is 0 Å². The molecule has 0 N–H and O–H groups in total. The molecule has 0 aromatic rings. The van der Waals surface area contributed by atoms with Gasteiger partial charge in [0.15, 0.2) is 0 Å². The molecule has 0 aromatic heterocycles. The fraction of sp³-hybridized carbons (Fsp3) is 0.333. The molecule has 0 aliphatic carbocycles. The van der Waals surface area contributed by atoms with E-state index in [2.05, 4.69) is 6.58 Å². The molecular formula is C3H6BrCl. The predicted octanol–water partition coefficient (Wildman–Crippen LogP) is 1.99. The smallest absolute Gasteiger partial charge is 0.0401 e. The van der Waals surface area contributed by atoms with Gasteiger partial charge >= 0.3 is 0 Å². The van der Waals surface area contributed by atoms with Crippen LogP contribution in [0, 0.1) is 0 Å². The summed E-state index contributed by atoms with van der Waals surface area (Å²) >= 11 is 5.07. The highest BCUT2D eigenvalue weighted by atomic mass is 79.9. The molecule has 0 heterocycles. The van der Waals surface area contributed by atoms with Crippen molar-refractivity contribution in [2.75, 3.05) is 5.88 Å². The summed E-state index contributed by atoms with van der Waals surface area (Å²) in [5.41, 5.74) is 0. The molecular weight excluding hydrogens is 151 g/mol. The summed E-state index contributed by atoms with van der Waals surface area (Å²) in [5.74, 6) is 0.556. The van der Waals surface area contributed by atoms with Crippen molar-refractivity contribution < 1.29 is 0 Å². The van der Waals surface area contributed by atoms with E-state index in [1.165, 1.54) is 0 Å². The van der Waals surface area contributed by atoms with E-state index >= 15 is 0 Å². The van der Waals surface area contributed by atoms with Crippen molar-refractivity contribution in [3.05, 3.63) is 12.7 Å². The highest BCUT2D eigenvalue weighted by Crippen LogP contribution is 1.67. The van der Waals surface area contributed by atoms with E-state index < -0.39 is 0 Å². The highest BCUT2D eigenvalue weighted by Gasteiger charge is 1.48. The molecule has 0 aliphatic rings. The van der Waals surface area contributed by atoms with E-state index in [-0.39, 0.29) is 17.0 Å². The van der Waals surface area contributed by atoms with Crippen LogP contribution >= 0.6 is 28.6 Å². The van der Waals surface area contributed by atoms with Crippen LogP contribution in [0.15, 0.2) is 12.7 Å². The number of alkyl halides is 1. The standard InChI is InChI=1S/C3H5Cl.BrH/c1-2-3-4;/h2H,1,3H2;1H. The monoisotopic (exact) mass is 156 g/mol. The fourth-order valence-electron chi connectivity index (χ4n) is 0. The van der Waals surface area contributed by atoms with Gasteiger partial charge in [-0.2, -0.15) is 0 Å². The van der Waals surface area contributed by atoms with Crippen molar-refractivity contribution in [1.82, 2.24) is 0 Å². The third-order valence-electron chi connectivity index (χ3n) is 0.109. The molecule has 0 rings (SSSR count). The quantitative estimate of drug-likeness (QED) is 0.403. The van der Waals surface area contributed by atoms with Crippen LogP contribution in [0.2, 0.25) is 0 Å². The zero-order valence-corrected chi connectivity index (χ0v) is 5.25. The van der Waals surface area contributed by atoms with Crippen LogP contribution in [0.4, 0.5) is 0 Å². The second-order valence-corrected chi connectivity index (χ2v) is 0.752. The Kier molecular flexibility index (Phi) is 16.0. The van der Waals surface area contributed by atoms with E-state index in [4.69, 9.17) is 11.6 Å². The number of rotatable bonds is 1. The summed E-state index contributed by atoms with van der Waals surface area (Å²) in [6.45, 7) is 3.35. The Morgan fingerprint density at radius 2 is 2.00 bits per heavy atom. The first-order chi connectivity index (χ1) is 1.91. The van der Waals surface area contributed by atoms with Gasteiger partial charge in [0.1, 0.15) is 0 Å². The second kappa shape index (κ2) is 8.82. The molecule has 0 saturated heterocycles. The van der Waals surface area contributed by atoms with Gasteiger partial charge in [0.05, 0.1) is 0 Å². The average molecular weight is 157 g/mol. The molecule has 0 radical (unpaired) electrons. The minimum absolute atomic E-state index is 0. The number of hydrogen-bond donors (Lipinski definition) is 0. The third kappa shape index (κ3) is 12.5. The molecule has 0 unspecified atom stereocenters. The van der Waals surface area contributed by atoms with Crippen molar-refractivity contribution in [2.24, 2.45) is 0 Å². The largest absolute Gasteiger partial charge is 0.122 e. The molecule has 5 heavy (non-hydrogen) atoms. The van der Waals surface area contributed by atoms with Crippen LogP contribution in [-0.4, -0.2) is 5.88 Å². The summed E-state index contributed by atoms with van der Waals surface area (Å²) in [6.07, 6.45) is 1.64. The summed E-state index contributed by atoms with van der Waals surface area (Å²) in [7, 11) is 0. The van der Waals surface area contributed by atoms with Gasteiger partial charge in [0, 0.05) is 5.88 Å². The van der Waals surface area contributed by atoms with E-state index in [1.807, 2.05) is 0 Å². The molecule has 32 valence electrons. The van der Waals surface area contributed by atoms with E-state index in [9.17, 15) is 0 Å². The lowest BCUT2D eigenvalue weighted by Gasteiger charge is -1.55. The van der Waals surface area contributed by atoms with Gasteiger partial charge in [-0.3, -0.25) is 0 Å². The minimum Gasteiger partial charge on any atom is -0.122 e. The van der Waals surface area contributed by atoms with Gasteiger partial charge in [-0.15, -0.1) is 35.2 Å². The molecule has 0 bridgehead atoms. The molecule has 0 spiro atoms. The Morgan fingerprint density at radius 3 is 2.00 bits per heavy atom. The molecule has 0 saturated carbocycles. The average Bonchev–Trinajstić information content (AvgIpc) is 1.37. The molecule has 0 fully saturated rings. The molecule has 2 heteroatoms. The van der Waals surface area contributed by atoms with Gasteiger partial charge in [-0.25, -0.2) is 0 Å². The number of halogens is 2. The summed E-state index contributed by atoms with van der Waals surface area (Å²) < 4.78 is 0. The van der Waals surface area contributed by atoms with Gasteiger partial charge in [-0.05, 0) is 0 Å². The van der Waals surface area contributed by atoms with Crippen LogP contribution in [0.3, 0.4) is 0 Å². The minimum atomic E-state index is 0. The van der Waals surface area contributed by atoms with Crippen molar-refractivity contribution >= 4 is 28.6 Å². The molecule has 0 aromatic carbocycles. The predicted molar refractivity (Wildman–Crippen MR) is 31.2 cm³/mol. The zero-order chi connectivity index (χ0) is 3.41. The summed E-state index contributed by atoms with van der Waals surface area (Å²) in [5, 5.41) is 0. The number of allylic oxidation sites excluding steroid dienone is 1.